The Labute approximate surface area is 171 Å². The van der Waals surface area contributed by atoms with Crippen LogP contribution in [0.2, 0.25) is 0 Å². The molecule has 148 valence electrons. The number of halogens is 1. The predicted octanol–water partition coefficient (Wildman–Crippen LogP) is 3.10. The lowest BCUT2D eigenvalue weighted by atomic mass is 9.92. The molecule has 2 N–H and O–H groups in total. The van der Waals surface area contributed by atoms with E-state index in [1.165, 1.54) is 45.3 Å². The SMILES string of the molecule is CCNC(=NCC1CCCO1)NCCCCN1CC(C)CC(C)C1.I. The number of unbranched alkanes of at least 4 members (excludes halogenated alkanes) is 1. The predicted molar refractivity (Wildman–Crippen MR) is 117 cm³/mol. The van der Waals surface area contributed by atoms with E-state index in [1.807, 2.05) is 0 Å². The number of piperidine rings is 1. The van der Waals surface area contributed by atoms with Crippen LogP contribution in [0.25, 0.3) is 0 Å². The summed E-state index contributed by atoms with van der Waals surface area (Å²) in [6.45, 7) is 14.3. The standard InChI is InChI=1S/C19H38N4O.HI/c1-4-20-19(22-13-18-8-7-11-24-18)21-9-5-6-10-23-14-16(2)12-17(3)15-23;/h16-18H,4-15H2,1-3H3,(H2,20,21,22);1H. The highest BCUT2D eigenvalue weighted by atomic mass is 127. The number of rotatable bonds is 8. The third kappa shape index (κ3) is 9.43. The molecule has 0 amide bonds. The number of likely N-dealkylation sites (tertiary alicyclic amines) is 1. The Morgan fingerprint density at radius 2 is 1.92 bits per heavy atom. The van der Waals surface area contributed by atoms with Crippen LogP contribution in [0.5, 0.6) is 0 Å². The molecular formula is C19H39IN4O. The molecule has 0 aromatic heterocycles. The van der Waals surface area contributed by atoms with Crippen LogP contribution in [0.1, 0.15) is 52.9 Å². The van der Waals surface area contributed by atoms with Crippen LogP contribution in [-0.4, -0.2) is 62.8 Å². The van der Waals surface area contributed by atoms with Gasteiger partial charge in [-0.1, -0.05) is 13.8 Å². The molecule has 0 radical (unpaired) electrons. The van der Waals surface area contributed by atoms with Gasteiger partial charge >= 0.3 is 0 Å². The van der Waals surface area contributed by atoms with Crippen molar-refractivity contribution in [2.75, 3.05) is 45.9 Å². The van der Waals surface area contributed by atoms with Gasteiger partial charge in [-0.3, -0.25) is 4.99 Å². The van der Waals surface area contributed by atoms with E-state index in [4.69, 9.17) is 4.74 Å². The van der Waals surface area contributed by atoms with Crippen molar-refractivity contribution in [1.82, 2.24) is 15.5 Å². The fourth-order valence-electron chi connectivity index (χ4n) is 3.96. The zero-order valence-electron chi connectivity index (χ0n) is 16.4. The van der Waals surface area contributed by atoms with Crippen LogP contribution in [-0.2, 0) is 4.74 Å². The van der Waals surface area contributed by atoms with Crippen LogP contribution < -0.4 is 10.6 Å². The molecule has 0 aromatic rings. The fraction of sp³-hybridized carbons (Fsp3) is 0.947. The van der Waals surface area contributed by atoms with Gasteiger partial charge in [-0.25, -0.2) is 0 Å². The summed E-state index contributed by atoms with van der Waals surface area (Å²) in [6, 6.07) is 0. The van der Waals surface area contributed by atoms with Crippen LogP contribution in [0.4, 0.5) is 0 Å². The van der Waals surface area contributed by atoms with Crippen molar-refractivity contribution in [1.29, 1.82) is 0 Å². The van der Waals surface area contributed by atoms with E-state index in [0.717, 1.165) is 50.5 Å². The zero-order chi connectivity index (χ0) is 17.2. The fourth-order valence-corrected chi connectivity index (χ4v) is 3.96. The van der Waals surface area contributed by atoms with Gasteiger partial charge in [0.25, 0.3) is 0 Å². The second-order valence-corrected chi connectivity index (χ2v) is 7.69. The molecule has 2 aliphatic heterocycles. The van der Waals surface area contributed by atoms with Crippen molar-refractivity contribution < 1.29 is 4.74 Å². The maximum atomic E-state index is 5.64. The molecule has 5 nitrogen and oxygen atoms in total. The minimum absolute atomic E-state index is 0. The van der Waals surface area contributed by atoms with Crippen LogP contribution in [0.3, 0.4) is 0 Å². The molecule has 2 aliphatic rings. The third-order valence-corrected chi connectivity index (χ3v) is 4.96. The topological polar surface area (TPSA) is 48.9 Å². The molecule has 0 spiro atoms. The van der Waals surface area contributed by atoms with Crippen molar-refractivity contribution in [2.24, 2.45) is 16.8 Å². The van der Waals surface area contributed by atoms with Gasteiger partial charge < -0.3 is 20.3 Å². The van der Waals surface area contributed by atoms with E-state index in [2.05, 4.69) is 41.3 Å². The Morgan fingerprint density at radius 3 is 2.56 bits per heavy atom. The summed E-state index contributed by atoms with van der Waals surface area (Å²) in [4.78, 5) is 7.31. The summed E-state index contributed by atoms with van der Waals surface area (Å²) in [5, 5.41) is 6.80. The highest BCUT2D eigenvalue weighted by molar-refractivity contribution is 14.0. The van der Waals surface area contributed by atoms with E-state index >= 15 is 0 Å². The smallest absolute Gasteiger partial charge is 0.191 e. The molecule has 2 rings (SSSR count). The Kier molecular flexibility index (Phi) is 12.1. The minimum atomic E-state index is 0. The van der Waals surface area contributed by atoms with E-state index in [1.54, 1.807) is 0 Å². The maximum Gasteiger partial charge on any atom is 0.191 e. The molecule has 0 saturated carbocycles. The van der Waals surface area contributed by atoms with Crippen molar-refractivity contribution in [3.63, 3.8) is 0 Å². The lowest BCUT2D eigenvalue weighted by Gasteiger charge is -2.34. The Balaban J connectivity index is 0.00000312. The van der Waals surface area contributed by atoms with Crippen LogP contribution in [0, 0.1) is 11.8 Å². The van der Waals surface area contributed by atoms with Crippen LogP contribution >= 0.6 is 24.0 Å². The first-order valence-electron chi connectivity index (χ1n) is 10.0. The molecule has 0 bridgehead atoms. The van der Waals surface area contributed by atoms with E-state index in [9.17, 15) is 0 Å². The molecule has 0 aliphatic carbocycles. The quantitative estimate of drug-likeness (QED) is 0.250. The van der Waals surface area contributed by atoms with Gasteiger partial charge in [0.15, 0.2) is 5.96 Å². The molecule has 2 saturated heterocycles. The molecule has 3 unspecified atom stereocenters. The lowest BCUT2D eigenvalue weighted by Crippen LogP contribution is -2.40. The summed E-state index contributed by atoms with van der Waals surface area (Å²) >= 11 is 0. The maximum absolute atomic E-state index is 5.64. The van der Waals surface area contributed by atoms with Gasteiger partial charge in [-0.05, 0) is 57.4 Å². The summed E-state index contributed by atoms with van der Waals surface area (Å²) < 4.78 is 5.64. The number of hydrogen-bond donors (Lipinski definition) is 2. The highest BCUT2D eigenvalue weighted by Gasteiger charge is 2.21. The summed E-state index contributed by atoms with van der Waals surface area (Å²) in [5.74, 6) is 2.66. The monoisotopic (exact) mass is 466 g/mol. The summed E-state index contributed by atoms with van der Waals surface area (Å²) in [7, 11) is 0. The number of hydrogen-bond acceptors (Lipinski definition) is 3. The first kappa shape index (κ1) is 23.0. The molecule has 25 heavy (non-hydrogen) atoms. The normalized spacial score (nSPS) is 27.8. The van der Waals surface area contributed by atoms with Crippen molar-refractivity contribution in [3.05, 3.63) is 0 Å². The molecular weight excluding hydrogens is 427 g/mol. The average molecular weight is 466 g/mol. The average Bonchev–Trinajstić information content (AvgIpc) is 3.04. The second kappa shape index (κ2) is 13.1. The largest absolute Gasteiger partial charge is 0.376 e. The number of aliphatic imine (C=N–C) groups is 1. The van der Waals surface area contributed by atoms with Gasteiger partial charge in [-0.15, -0.1) is 24.0 Å². The molecule has 2 heterocycles. The van der Waals surface area contributed by atoms with Crippen molar-refractivity contribution in [3.8, 4) is 0 Å². The van der Waals surface area contributed by atoms with Crippen LogP contribution in [0.15, 0.2) is 4.99 Å². The van der Waals surface area contributed by atoms with E-state index < -0.39 is 0 Å². The molecule has 3 atom stereocenters. The number of nitrogens with one attached hydrogen (secondary N) is 2. The van der Waals surface area contributed by atoms with Crippen molar-refractivity contribution in [2.45, 2.75) is 59.0 Å². The van der Waals surface area contributed by atoms with Crippen molar-refractivity contribution >= 4 is 29.9 Å². The lowest BCUT2D eigenvalue weighted by molar-refractivity contribution is 0.117. The van der Waals surface area contributed by atoms with Gasteiger partial charge in [0.2, 0.25) is 0 Å². The first-order valence-corrected chi connectivity index (χ1v) is 10.0. The Bertz CT molecular complexity index is 364. The highest BCUT2D eigenvalue weighted by Crippen LogP contribution is 2.20. The van der Waals surface area contributed by atoms with Gasteiger partial charge in [0.1, 0.15) is 0 Å². The van der Waals surface area contributed by atoms with E-state index in [-0.39, 0.29) is 24.0 Å². The van der Waals surface area contributed by atoms with E-state index in [0.29, 0.717) is 6.10 Å². The van der Waals surface area contributed by atoms with Gasteiger partial charge in [-0.2, -0.15) is 0 Å². The Morgan fingerprint density at radius 1 is 1.16 bits per heavy atom. The molecule has 0 aromatic carbocycles. The molecule has 6 heteroatoms. The summed E-state index contributed by atoms with van der Waals surface area (Å²) in [5.41, 5.74) is 0. The molecule has 2 fully saturated rings. The number of guanidine groups is 1. The number of ether oxygens (including phenoxy) is 1. The minimum Gasteiger partial charge on any atom is -0.376 e. The van der Waals surface area contributed by atoms with Gasteiger partial charge in [0.05, 0.1) is 12.6 Å². The first-order chi connectivity index (χ1) is 11.7. The number of nitrogens with zero attached hydrogens (tertiary/aromatic N) is 2. The second-order valence-electron chi connectivity index (χ2n) is 7.69. The van der Waals surface area contributed by atoms with Gasteiger partial charge in [0, 0.05) is 32.8 Å². The Hall–Kier alpha value is -0.0800. The third-order valence-electron chi connectivity index (χ3n) is 4.96. The summed E-state index contributed by atoms with van der Waals surface area (Å²) in [6.07, 6.45) is 6.50. The zero-order valence-corrected chi connectivity index (χ0v) is 18.8.